The Morgan fingerprint density at radius 3 is 2.73 bits per heavy atom. The van der Waals surface area contributed by atoms with E-state index in [1.807, 2.05) is 18.2 Å². The van der Waals surface area contributed by atoms with Crippen molar-refractivity contribution in [1.82, 2.24) is 14.8 Å². The quantitative estimate of drug-likeness (QED) is 0.758. The molecule has 1 aliphatic carbocycles. The highest BCUT2D eigenvalue weighted by atomic mass is 15.3. The summed E-state index contributed by atoms with van der Waals surface area (Å²) in [6.07, 6.45) is 5.56. The molecule has 0 saturated heterocycles. The van der Waals surface area contributed by atoms with Gasteiger partial charge >= 0.3 is 0 Å². The van der Waals surface area contributed by atoms with Crippen LogP contribution in [0.25, 0.3) is 5.69 Å². The standard InChI is InChI=1S/C12H13N3/c1-2-4-11(5-3-1)15-9-13-14-12(15)8-10-6-7-10/h1-5,9-10H,6-8H2. The molecule has 0 unspecified atom stereocenters. The molecule has 0 spiro atoms. The molecule has 3 rings (SSSR count). The van der Waals surface area contributed by atoms with E-state index in [9.17, 15) is 0 Å². The van der Waals surface area contributed by atoms with Crippen molar-refractivity contribution in [3.63, 3.8) is 0 Å². The lowest BCUT2D eigenvalue weighted by Crippen LogP contribution is -2.01. The molecular formula is C12H13N3. The van der Waals surface area contributed by atoms with Crippen molar-refractivity contribution >= 4 is 0 Å². The molecule has 1 saturated carbocycles. The lowest BCUT2D eigenvalue weighted by molar-refractivity contribution is 0.747. The van der Waals surface area contributed by atoms with Crippen LogP contribution in [0.4, 0.5) is 0 Å². The van der Waals surface area contributed by atoms with E-state index in [1.54, 1.807) is 6.33 Å². The maximum Gasteiger partial charge on any atom is 0.137 e. The summed E-state index contributed by atoms with van der Waals surface area (Å²) >= 11 is 0. The van der Waals surface area contributed by atoms with E-state index in [-0.39, 0.29) is 0 Å². The smallest absolute Gasteiger partial charge is 0.137 e. The molecular weight excluding hydrogens is 186 g/mol. The van der Waals surface area contributed by atoms with E-state index in [2.05, 4.69) is 26.9 Å². The molecule has 0 atom stereocenters. The number of aromatic nitrogens is 3. The summed E-state index contributed by atoms with van der Waals surface area (Å²) < 4.78 is 2.08. The zero-order valence-corrected chi connectivity index (χ0v) is 8.50. The largest absolute Gasteiger partial charge is 0.286 e. The highest BCUT2D eigenvalue weighted by Crippen LogP contribution is 2.32. The van der Waals surface area contributed by atoms with Gasteiger partial charge in [0.2, 0.25) is 0 Å². The molecule has 1 aliphatic rings. The maximum absolute atomic E-state index is 4.19. The molecule has 3 nitrogen and oxygen atoms in total. The van der Waals surface area contributed by atoms with Crippen LogP contribution in [-0.2, 0) is 6.42 Å². The van der Waals surface area contributed by atoms with Gasteiger partial charge in [0, 0.05) is 12.1 Å². The molecule has 1 aromatic carbocycles. The van der Waals surface area contributed by atoms with Gasteiger partial charge < -0.3 is 0 Å². The van der Waals surface area contributed by atoms with Gasteiger partial charge in [-0.1, -0.05) is 18.2 Å². The van der Waals surface area contributed by atoms with E-state index >= 15 is 0 Å². The van der Waals surface area contributed by atoms with Gasteiger partial charge in [0.05, 0.1) is 0 Å². The molecule has 2 aromatic rings. The van der Waals surface area contributed by atoms with Crippen molar-refractivity contribution < 1.29 is 0 Å². The van der Waals surface area contributed by atoms with Crippen LogP contribution in [-0.4, -0.2) is 14.8 Å². The molecule has 0 radical (unpaired) electrons. The first-order chi connectivity index (χ1) is 7.43. The van der Waals surface area contributed by atoms with E-state index in [0.717, 1.165) is 23.9 Å². The van der Waals surface area contributed by atoms with Crippen LogP contribution < -0.4 is 0 Å². The Bertz CT molecular complexity index is 443. The molecule has 0 N–H and O–H groups in total. The number of benzene rings is 1. The first-order valence-corrected chi connectivity index (χ1v) is 5.38. The first kappa shape index (κ1) is 8.65. The minimum absolute atomic E-state index is 0.844. The fraction of sp³-hybridized carbons (Fsp3) is 0.333. The van der Waals surface area contributed by atoms with Crippen LogP contribution in [0.15, 0.2) is 36.7 Å². The van der Waals surface area contributed by atoms with Crippen LogP contribution in [0.2, 0.25) is 0 Å². The Morgan fingerprint density at radius 1 is 1.20 bits per heavy atom. The lowest BCUT2D eigenvalue weighted by atomic mass is 10.2. The average Bonchev–Trinajstić information content (AvgIpc) is 2.96. The van der Waals surface area contributed by atoms with Gasteiger partial charge in [0.1, 0.15) is 12.2 Å². The van der Waals surface area contributed by atoms with Gasteiger partial charge in [-0.3, -0.25) is 4.57 Å². The molecule has 1 aromatic heterocycles. The minimum atomic E-state index is 0.844. The Labute approximate surface area is 88.8 Å². The van der Waals surface area contributed by atoms with Crippen molar-refractivity contribution in [2.75, 3.05) is 0 Å². The number of nitrogens with zero attached hydrogens (tertiary/aromatic N) is 3. The fourth-order valence-electron chi connectivity index (χ4n) is 1.78. The van der Waals surface area contributed by atoms with Crippen LogP contribution >= 0.6 is 0 Å². The Kier molecular flexibility index (Phi) is 2.02. The SMILES string of the molecule is c1ccc(-n2cnnc2CC2CC2)cc1. The van der Waals surface area contributed by atoms with Gasteiger partial charge in [-0.25, -0.2) is 0 Å². The summed E-state index contributed by atoms with van der Waals surface area (Å²) in [4.78, 5) is 0. The molecule has 0 bridgehead atoms. The normalized spacial score (nSPS) is 15.5. The summed E-state index contributed by atoms with van der Waals surface area (Å²) in [5, 5.41) is 8.18. The van der Waals surface area contributed by atoms with Crippen LogP contribution in [0, 0.1) is 5.92 Å². The van der Waals surface area contributed by atoms with E-state index < -0.39 is 0 Å². The Morgan fingerprint density at radius 2 is 2.00 bits per heavy atom. The second-order valence-electron chi connectivity index (χ2n) is 4.10. The van der Waals surface area contributed by atoms with E-state index in [1.165, 1.54) is 12.8 Å². The monoisotopic (exact) mass is 199 g/mol. The van der Waals surface area contributed by atoms with Gasteiger partial charge in [0.25, 0.3) is 0 Å². The van der Waals surface area contributed by atoms with Crippen LogP contribution in [0.3, 0.4) is 0 Å². The molecule has 15 heavy (non-hydrogen) atoms. The number of para-hydroxylation sites is 1. The maximum atomic E-state index is 4.19. The van der Waals surface area contributed by atoms with Crippen LogP contribution in [0.1, 0.15) is 18.7 Å². The van der Waals surface area contributed by atoms with Crippen LogP contribution in [0.5, 0.6) is 0 Å². The number of hydrogen-bond acceptors (Lipinski definition) is 2. The lowest BCUT2D eigenvalue weighted by Gasteiger charge is -2.04. The van der Waals surface area contributed by atoms with Gasteiger partial charge in [-0.05, 0) is 30.9 Å². The first-order valence-electron chi connectivity index (χ1n) is 5.38. The third kappa shape index (κ3) is 1.77. The van der Waals surface area contributed by atoms with Gasteiger partial charge in [0.15, 0.2) is 0 Å². The highest BCUT2D eigenvalue weighted by Gasteiger charge is 2.24. The van der Waals surface area contributed by atoms with Gasteiger partial charge in [-0.15, -0.1) is 10.2 Å². The fourth-order valence-corrected chi connectivity index (χ4v) is 1.78. The zero-order valence-electron chi connectivity index (χ0n) is 8.50. The molecule has 1 heterocycles. The predicted molar refractivity (Wildman–Crippen MR) is 57.8 cm³/mol. The van der Waals surface area contributed by atoms with Crippen molar-refractivity contribution in [3.8, 4) is 5.69 Å². The summed E-state index contributed by atoms with van der Waals surface area (Å²) in [7, 11) is 0. The van der Waals surface area contributed by atoms with Crippen molar-refractivity contribution in [1.29, 1.82) is 0 Å². The van der Waals surface area contributed by atoms with Gasteiger partial charge in [-0.2, -0.15) is 0 Å². The molecule has 76 valence electrons. The second kappa shape index (κ2) is 3.50. The van der Waals surface area contributed by atoms with E-state index in [4.69, 9.17) is 0 Å². The average molecular weight is 199 g/mol. The molecule has 1 fully saturated rings. The molecule has 3 heteroatoms. The third-order valence-electron chi connectivity index (χ3n) is 2.82. The molecule has 0 aliphatic heterocycles. The predicted octanol–water partition coefficient (Wildman–Crippen LogP) is 2.22. The summed E-state index contributed by atoms with van der Waals surface area (Å²) in [6.45, 7) is 0. The van der Waals surface area contributed by atoms with Crippen molar-refractivity contribution in [2.45, 2.75) is 19.3 Å². The Hall–Kier alpha value is -1.64. The minimum Gasteiger partial charge on any atom is -0.286 e. The molecule has 0 amide bonds. The number of hydrogen-bond donors (Lipinski definition) is 0. The third-order valence-corrected chi connectivity index (χ3v) is 2.82. The zero-order chi connectivity index (χ0) is 10.1. The van der Waals surface area contributed by atoms with Crippen molar-refractivity contribution in [3.05, 3.63) is 42.5 Å². The summed E-state index contributed by atoms with van der Waals surface area (Å²) in [5.41, 5.74) is 1.15. The van der Waals surface area contributed by atoms with Crippen molar-refractivity contribution in [2.24, 2.45) is 5.92 Å². The Balaban J connectivity index is 1.93. The topological polar surface area (TPSA) is 30.7 Å². The summed E-state index contributed by atoms with van der Waals surface area (Å²) in [6, 6.07) is 10.3. The number of rotatable bonds is 3. The second-order valence-corrected chi connectivity index (χ2v) is 4.10. The summed E-state index contributed by atoms with van der Waals surface area (Å²) in [5.74, 6) is 1.93. The highest BCUT2D eigenvalue weighted by molar-refractivity contribution is 5.32. The van der Waals surface area contributed by atoms with E-state index in [0.29, 0.717) is 0 Å².